The molecule has 0 aliphatic rings. The number of rotatable bonds is 0. The molecule has 0 fully saturated rings. The van der Waals surface area contributed by atoms with Crippen molar-refractivity contribution in [2.45, 2.75) is 0 Å². The van der Waals surface area contributed by atoms with Crippen molar-refractivity contribution in [3.8, 4) is 0 Å². The molecule has 0 spiro atoms. The van der Waals surface area contributed by atoms with Crippen LogP contribution >= 0.6 is 0 Å². The van der Waals surface area contributed by atoms with Crippen LogP contribution in [0.3, 0.4) is 0 Å². The Bertz CT molecular complexity index is 139. The van der Waals surface area contributed by atoms with Crippen molar-refractivity contribution in [2.75, 3.05) is 0 Å². The molecule has 9 heavy (non-hydrogen) atoms. The van der Waals surface area contributed by atoms with Crippen LogP contribution in [-0.2, 0) is 32.7 Å². The average molecular weight is 417 g/mol. The second kappa shape index (κ2) is 7.35. The summed E-state index contributed by atoms with van der Waals surface area (Å²) in [5, 5.41) is 0. The van der Waals surface area contributed by atoms with E-state index in [1.54, 1.807) is 0 Å². The van der Waals surface area contributed by atoms with Gasteiger partial charge in [0.1, 0.15) is 0 Å². The van der Waals surface area contributed by atoms with Crippen molar-refractivity contribution in [1.29, 1.82) is 0 Å². The molecular formula is C7H6UY-2. The van der Waals surface area contributed by atoms with Crippen LogP contribution in [0.2, 0.25) is 0 Å². The van der Waals surface area contributed by atoms with E-state index >= 15 is 0 Å². The maximum Gasteiger partial charge on any atom is 0 e. The maximum atomic E-state index is 3.69. The summed E-state index contributed by atoms with van der Waals surface area (Å²) >= 11 is 0. The molecule has 0 aliphatic carbocycles. The summed E-state index contributed by atoms with van der Waals surface area (Å²) in [5.41, 5.74) is 1.02. The van der Waals surface area contributed by atoms with E-state index in [0.717, 1.165) is 5.56 Å². The summed E-state index contributed by atoms with van der Waals surface area (Å²) in [5.74, 6) is 0. The van der Waals surface area contributed by atoms with Crippen molar-refractivity contribution >= 4 is 0 Å². The summed E-state index contributed by atoms with van der Waals surface area (Å²) in [6.07, 6.45) is 0. The van der Waals surface area contributed by atoms with Crippen LogP contribution in [0.4, 0.5) is 0 Å². The van der Waals surface area contributed by atoms with Crippen LogP contribution in [-0.4, -0.2) is 0 Å². The standard InChI is InChI=1S/C7H6.U.Y/c1-7-5-3-2-4-6-7;;/h2-3,5-6H,1H2;;/q-2;;. The minimum atomic E-state index is 0. The van der Waals surface area contributed by atoms with Gasteiger partial charge in [-0.15, -0.1) is 0 Å². The van der Waals surface area contributed by atoms with E-state index in [1.165, 1.54) is 0 Å². The van der Waals surface area contributed by atoms with Crippen LogP contribution in [0.1, 0.15) is 5.56 Å². The molecular weight excluding hydrogens is 411 g/mol. The van der Waals surface area contributed by atoms with Crippen molar-refractivity contribution in [1.82, 2.24) is 0 Å². The van der Waals surface area contributed by atoms with Gasteiger partial charge in [-0.3, -0.25) is 25.1 Å². The third-order valence-corrected chi connectivity index (χ3v) is 0.771. The molecule has 0 saturated heterocycles. The normalized spacial score (nSPS) is 6.67. The first-order chi connectivity index (χ1) is 3.39. The van der Waals surface area contributed by atoms with Crippen LogP contribution < -0.4 is 0 Å². The van der Waals surface area contributed by atoms with Gasteiger partial charge in [-0.25, -0.2) is 12.1 Å². The van der Waals surface area contributed by atoms with Gasteiger partial charge in [-0.1, -0.05) is 0 Å². The zero-order valence-corrected chi connectivity index (χ0v) is 12.1. The Balaban J connectivity index is 0. The van der Waals surface area contributed by atoms with Crippen molar-refractivity contribution in [2.24, 2.45) is 0 Å². The summed E-state index contributed by atoms with van der Waals surface area (Å²) in [4.78, 5) is 0. The molecule has 0 amide bonds. The fourth-order valence-corrected chi connectivity index (χ4v) is 0.431. The van der Waals surface area contributed by atoms with Crippen LogP contribution in [0.25, 0.3) is 0 Å². The first-order valence-electron chi connectivity index (χ1n) is 2.17. The fraction of sp³-hybridized carbons (Fsp3) is 0. The van der Waals surface area contributed by atoms with Gasteiger partial charge in [-0.05, 0) is 0 Å². The molecule has 0 atom stereocenters. The quantitative estimate of drug-likeness (QED) is 0.564. The Kier molecular flexibility index (Phi) is 10.5. The predicted octanol–water partition coefficient (Wildman–Crippen LogP) is 1.67. The average Bonchev–Trinajstić information content (AvgIpc) is 1.69. The van der Waals surface area contributed by atoms with Crippen molar-refractivity contribution in [3.63, 3.8) is 0 Å². The summed E-state index contributed by atoms with van der Waals surface area (Å²) in [7, 11) is 0. The molecule has 1 rings (SSSR count). The van der Waals surface area contributed by atoms with Gasteiger partial charge in [0.25, 0.3) is 0 Å². The first kappa shape index (κ1) is 12.9. The molecule has 1 aromatic carbocycles. The van der Waals surface area contributed by atoms with E-state index in [9.17, 15) is 0 Å². The third-order valence-electron chi connectivity index (χ3n) is 0.771. The van der Waals surface area contributed by atoms with Gasteiger partial charge in [0.05, 0.1) is 0 Å². The molecule has 0 aliphatic heterocycles. The van der Waals surface area contributed by atoms with E-state index in [0.29, 0.717) is 0 Å². The largest absolute Gasteiger partial charge is 0.306 e. The van der Waals surface area contributed by atoms with E-state index < -0.39 is 0 Å². The van der Waals surface area contributed by atoms with Crippen LogP contribution in [0, 0.1) is 44.1 Å². The van der Waals surface area contributed by atoms with Crippen molar-refractivity contribution < 1.29 is 63.8 Å². The second-order valence-corrected chi connectivity index (χ2v) is 1.41. The summed E-state index contributed by atoms with van der Waals surface area (Å²) in [6, 6.07) is 10.5. The van der Waals surface area contributed by atoms with E-state index in [4.69, 9.17) is 0 Å². The van der Waals surface area contributed by atoms with Gasteiger partial charge in [0.15, 0.2) is 0 Å². The topological polar surface area (TPSA) is 0 Å². The molecule has 0 nitrogen and oxygen atoms in total. The van der Waals surface area contributed by atoms with Gasteiger partial charge >= 0.3 is 0 Å². The molecule has 1 aromatic rings. The minimum Gasteiger partial charge on any atom is -0.306 e. The Morgan fingerprint density at radius 2 is 2.11 bits per heavy atom. The van der Waals surface area contributed by atoms with Gasteiger partial charge in [-0.2, -0.15) is 0 Å². The molecule has 0 aromatic heterocycles. The Morgan fingerprint density at radius 1 is 1.44 bits per heavy atom. The number of benzene rings is 1. The predicted molar refractivity (Wildman–Crippen MR) is 29.7 cm³/mol. The number of hydrogen-bond donors (Lipinski definition) is 0. The molecule has 43 valence electrons. The van der Waals surface area contributed by atoms with Crippen LogP contribution in [0.5, 0.6) is 0 Å². The molecule has 0 saturated carbocycles. The molecule has 2 heteroatoms. The zero-order chi connectivity index (χ0) is 5.11. The molecule has 0 heterocycles. The Hall–Kier alpha value is 1.25. The number of hydrogen-bond acceptors (Lipinski definition) is 0. The Labute approximate surface area is 105 Å². The maximum absolute atomic E-state index is 3.69. The van der Waals surface area contributed by atoms with E-state index in [-0.39, 0.29) is 63.8 Å². The zero-order valence-electron chi connectivity index (χ0n) is 5.09. The minimum absolute atomic E-state index is 0. The second-order valence-electron chi connectivity index (χ2n) is 1.41. The van der Waals surface area contributed by atoms with Gasteiger partial charge < -0.3 is 5.56 Å². The third kappa shape index (κ3) is 5.68. The first-order valence-corrected chi connectivity index (χ1v) is 2.17. The van der Waals surface area contributed by atoms with Gasteiger partial charge in [0.2, 0.25) is 0 Å². The summed E-state index contributed by atoms with van der Waals surface area (Å²) in [6.45, 7) is 3.69. The fourth-order valence-electron chi connectivity index (χ4n) is 0.431. The van der Waals surface area contributed by atoms with Gasteiger partial charge in [0, 0.05) is 63.8 Å². The molecule has 1 radical (unpaired) electrons. The monoisotopic (exact) mass is 417 g/mol. The Morgan fingerprint density at radius 3 is 2.33 bits per heavy atom. The van der Waals surface area contributed by atoms with E-state index in [1.807, 2.05) is 24.3 Å². The van der Waals surface area contributed by atoms with Crippen LogP contribution in [0.15, 0.2) is 24.3 Å². The summed E-state index contributed by atoms with van der Waals surface area (Å²) < 4.78 is 0. The smallest absolute Gasteiger partial charge is 0 e. The molecule has 0 bridgehead atoms. The molecule has 0 unspecified atom stereocenters. The van der Waals surface area contributed by atoms with Crippen molar-refractivity contribution in [3.05, 3.63) is 42.8 Å². The molecule has 0 N–H and O–H groups in total. The van der Waals surface area contributed by atoms with E-state index in [2.05, 4.69) is 13.0 Å². The SMILES string of the molecule is [CH2-]c1c[c-]ccc1.[U].[Y].